The molecule has 1 aromatic carbocycles. The van der Waals surface area contributed by atoms with Gasteiger partial charge in [-0.2, -0.15) is 0 Å². The Morgan fingerprint density at radius 3 is 2.63 bits per heavy atom. The van der Waals surface area contributed by atoms with Crippen LogP contribution >= 0.6 is 0 Å². The predicted molar refractivity (Wildman–Crippen MR) is 103 cm³/mol. The van der Waals surface area contributed by atoms with E-state index in [4.69, 9.17) is 10.5 Å². The van der Waals surface area contributed by atoms with Crippen molar-refractivity contribution in [3.8, 4) is 0 Å². The monoisotopic (exact) mass is 374 g/mol. The number of piperidine rings is 1. The molecule has 0 aromatic heterocycles. The summed E-state index contributed by atoms with van der Waals surface area (Å²) in [6.07, 6.45) is 8.26. The summed E-state index contributed by atoms with van der Waals surface area (Å²) in [4.78, 5) is 14.6. The topological polar surface area (TPSA) is 55.6 Å². The van der Waals surface area contributed by atoms with Gasteiger partial charge >= 0.3 is 0 Å². The molecule has 1 amide bonds. The smallest absolute Gasteiger partial charge is 0.226 e. The Kier molecular flexibility index (Phi) is 5.79. The van der Waals surface area contributed by atoms with Gasteiger partial charge in [0.05, 0.1) is 18.8 Å². The van der Waals surface area contributed by atoms with E-state index in [2.05, 4.69) is 0 Å². The highest BCUT2D eigenvalue weighted by molar-refractivity contribution is 5.81. The van der Waals surface area contributed by atoms with Gasteiger partial charge in [0.1, 0.15) is 5.82 Å². The molecule has 27 heavy (non-hydrogen) atoms. The van der Waals surface area contributed by atoms with Gasteiger partial charge in [0.2, 0.25) is 5.91 Å². The van der Waals surface area contributed by atoms with Crippen LogP contribution in [0.25, 0.3) is 0 Å². The van der Waals surface area contributed by atoms with Crippen LogP contribution in [0.3, 0.4) is 0 Å². The second-order valence-electron chi connectivity index (χ2n) is 8.54. The van der Waals surface area contributed by atoms with Crippen molar-refractivity contribution in [1.82, 2.24) is 4.90 Å². The molecule has 148 valence electrons. The largest absolute Gasteiger partial charge is 0.376 e. The SMILES string of the molecule is NC1CCCN(C(=O)C2CC2)[C@H]1CO[C@H]1CC[C@@H](c2cccc(F)c2)CC1. The van der Waals surface area contributed by atoms with E-state index >= 15 is 0 Å². The predicted octanol–water partition coefficient (Wildman–Crippen LogP) is 3.60. The minimum atomic E-state index is -0.155. The van der Waals surface area contributed by atoms with Crippen LogP contribution in [-0.4, -0.2) is 42.1 Å². The maximum absolute atomic E-state index is 13.5. The molecule has 2 atom stereocenters. The minimum Gasteiger partial charge on any atom is -0.376 e. The van der Waals surface area contributed by atoms with Crippen molar-refractivity contribution < 1.29 is 13.9 Å². The summed E-state index contributed by atoms with van der Waals surface area (Å²) in [5, 5.41) is 0. The third kappa shape index (κ3) is 4.52. The zero-order chi connectivity index (χ0) is 18.8. The van der Waals surface area contributed by atoms with E-state index in [0.717, 1.165) is 63.5 Å². The van der Waals surface area contributed by atoms with Crippen molar-refractivity contribution in [2.45, 2.75) is 75.5 Å². The average molecular weight is 375 g/mol. The van der Waals surface area contributed by atoms with E-state index in [0.29, 0.717) is 12.5 Å². The summed E-state index contributed by atoms with van der Waals surface area (Å²) in [6.45, 7) is 1.37. The maximum atomic E-state index is 13.5. The highest BCUT2D eigenvalue weighted by Crippen LogP contribution is 2.35. The van der Waals surface area contributed by atoms with E-state index in [1.165, 1.54) is 6.07 Å². The Morgan fingerprint density at radius 1 is 1.15 bits per heavy atom. The molecule has 2 N–H and O–H groups in total. The molecule has 4 nitrogen and oxygen atoms in total. The summed E-state index contributed by atoms with van der Waals surface area (Å²) in [6, 6.07) is 7.02. The number of hydrogen-bond acceptors (Lipinski definition) is 3. The van der Waals surface area contributed by atoms with E-state index in [-0.39, 0.29) is 35.8 Å². The number of nitrogens with two attached hydrogens (primary N) is 1. The van der Waals surface area contributed by atoms with Gasteiger partial charge in [-0.1, -0.05) is 12.1 Å². The van der Waals surface area contributed by atoms with Crippen LogP contribution in [0, 0.1) is 11.7 Å². The molecule has 3 fully saturated rings. The molecule has 5 heteroatoms. The van der Waals surface area contributed by atoms with Crippen LogP contribution < -0.4 is 5.73 Å². The van der Waals surface area contributed by atoms with Crippen molar-refractivity contribution in [2.24, 2.45) is 11.7 Å². The fraction of sp³-hybridized carbons (Fsp3) is 0.682. The molecule has 0 bridgehead atoms. The second-order valence-corrected chi connectivity index (χ2v) is 8.54. The molecule has 2 aliphatic carbocycles. The number of likely N-dealkylation sites (tertiary alicyclic amines) is 1. The number of halogens is 1. The molecule has 1 unspecified atom stereocenters. The number of ether oxygens (including phenoxy) is 1. The highest BCUT2D eigenvalue weighted by atomic mass is 19.1. The number of carbonyl (C=O) groups excluding carboxylic acids is 1. The van der Waals surface area contributed by atoms with E-state index in [9.17, 15) is 9.18 Å². The Bertz CT molecular complexity index is 655. The van der Waals surface area contributed by atoms with Gasteiger partial charge in [-0.25, -0.2) is 4.39 Å². The van der Waals surface area contributed by atoms with Gasteiger partial charge in [-0.15, -0.1) is 0 Å². The first kappa shape index (κ1) is 18.9. The summed E-state index contributed by atoms with van der Waals surface area (Å²) < 4.78 is 19.7. The van der Waals surface area contributed by atoms with Crippen molar-refractivity contribution in [3.05, 3.63) is 35.6 Å². The molecule has 3 aliphatic rings. The Hall–Kier alpha value is -1.46. The van der Waals surface area contributed by atoms with Gasteiger partial charge in [0.25, 0.3) is 0 Å². The van der Waals surface area contributed by atoms with Gasteiger partial charge in [0, 0.05) is 18.5 Å². The van der Waals surface area contributed by atoms with Crippen LogP contribution in [0.5, 0.6) is 0 Å². The molecule has 0 spiro atoms. The molecule has 4 rings (SSSR count). The summed E-state index contributed by atoms with van der Waals surface area (Å²) in [7, 11) is 0. The molecule has 0 radical (unpaired) electrons. The number of benzene rings is 1. The zero-order valence-electron chi connectivity index (χ0n) is 16.0. The van der Waals surface area contributed by atoms with Crippen LogP contribution in [0.4, 0.5) is 4.39 Å². The lowest BCUT2D eigenvalue weighted by Crippen LogP contribution is -2.57. The van der Waals surface area contributed by atoms with Crippen LogP contribution in [-0.2, 0) is 9.53 Å². The maximum Gasteiger partial charge on any atom is 0.226 e. The fourth-order valence-electron chi connectivity index (χ4n) is 4.70. The van der Waals surface area contributed by atoms with Gasteiger partial charge < -0.3 is 15.4 Å². The Morgan fingerprint density at radius 2 is 1.93 bits per heavy atom. The molecule has 1 heterocycles. The zero-order valence-corrected chi connectivity index (χ0v) is 16.0. The molecule has 1 saturated heterocycles. The Labute approximate surface area is 161 Å². The quantitative estimate of drug-likeness (QED) is 0.857. The van der Waals surface area contributed by atoms with E-state index in [1.54, 1.807) is 12.1 Å². The first-order valence-electron chi connectivity index (χ1n) is 10.5. The molecule has 1 aliphatic heterocycles. The van der Waals surface area contributed by atoms with Crippen molar-refractivity contribution >= 4 is 5.91 Å². The number of carbonyl (C=O) groups is 1. The summed E-state index contributed by atoms with van der Waals surface area (Å²) >= 11 is 0. The van der Waals surface area contributed by atoms with Crippen LogP contribution in [0.15, 0.2) is 24.3 Å². The van der Waals surface area contributed by atoms with Crippen LogP contribution in [0.1, 0.15) is 62.8 Å². The minimum absolute atomic E-state index is 0.0186. The number of rotatable bonds is 5. The summed E-state index contributed by atoms with van der Waals surface area (Å²) in [5.74, 6) is 0.788. The number of nitrogens with zero attached hydrogens (tertiary/aromatic N) is 1. The molecule has 1 aromatic rings. The fourth-order valence-corrected chi connectivity index (χ4v) is 4.70. The molecular formula is C22H31FN2O2. The Balaban J connectivity index is 1.29. The summed E-state index contributed by atoms with van der Waals surface area (Å²) in [5.41, 5.74) is 7.45. The first-order valence-corrected chi connectivity index (χ1v) is 10.5. The molecule has 2 saturated carbocycles. The van der Waals surface area contributed by atoms with Crippen molar-refractivity contribution in [1.29, 1.82) is 0 Å². The number of hydrogen-bond donors (Lipinski definition) is 1. The lowest BCUT2D eigenvalue weighted by Gasteiger charge is -2.41. The lowest BCUT2D eigenvalue weighted by molar-refractivity contribution is -0.139. The third-order valence-electron chi connectivity index (χ3n) is 6.54. The third-order valence-corrected chi connectivity index (χ3v) is 6.54. The standard InChI is InChI=1S/C22H31FN2O2/c23-18-4-1-3-17(13-18)15-8-10-19(11-9-15)27-14-21-20(24)5-2-12-25(21)22(26)16-6-7-16/h1,3-4,13,15-16,19-21H,2,5-12,14,24H2/t15-,19+,20?,21-/m0/s1. The average Bonchev–Trinajstić information content (AvgIpc) is 3.52. The lowest BCUT2D eigenvalue weighted by atomic mass is 9.82. The van der Waals surface area contributed by atoms with Crippen LogP contribution in [0.2, 0.25) is 0 Å². The van der Waals surface area contributed by atoms with Gasteiger partial charge in [0.15, 0.2) is 0 Å². The molecular weight excluding hydrogens is 343 g/mol. The normalized spacial score (nSPS) is 31.7. The van der Waals surface area contributed by atoms with Gasteiger partial charge in [-0.05, 0) is 75.0 Å². The van der Waals surface area contributed by atoms with E-state index in [1.807, 2.05) is 11.0 Å². The van der Waals surface area contributed by atoms with Gasteiger partial charge in [-0.3, -0.25) is 4.79 Å². The first-order chi connectivity index (χ1) is 13.1. The van der Waals surface area contributed by atoms with E-state index < -0.39 is 0 Å². The van der Waals surface area contributed by atoms with Crippen molar-refractivity contribution in [2.75, 3.05) is 13.2 Å². The highest BCUT2D eigenvalue weighted by Gasteiger charge is 2.40. The number of amides is 1. The second kappa shape index (κ2) is 8.27. The van der Waals surface area contributed by atoms with Crippen molar-refractivity contribution in [3.63, 3.8) is 0 Å².